The molecule has 22 heavy (non-hydrogen) atoms. The average molecular weight is 376 g/mol. The Morgan fingerprint density at radius 1 is 1.00 bits per heavy atom. The van der Waals surface area contributed by atoms with E-state index in [0.717, 1.165) is 35.7 Å². The summed E-state index contributed by atoms with van der Waals surface area (Å²) >= 11 is 5.25. The zero-order chi connectivity index (χ0) is 15.9. The van der Waals surface area contributed by atoms with E-state index in [1.807, 2.05) is 6.07 Å². The van der Waals surface area contributed by atoms with E-state index in [9.17, 15) is 5.39 Å². The zero-order valence-electron chi connectivity index (χ0n) is 13.0. The van der Waals surface area contributed by atoms with Crippen molar-refractivity contribution in [1.29, 1.82) is 5.39 Å². The van der Waals surface area contributed by atoms with E-state index in [0.29, 0.717) is 5.69 Å². The molecule has 0 aliphatic carbocycles. The molecule has 2 aromatic carbocycles. The van der Waals surface area contributed by atoms with Crippen molar-refractivity contribution in [3.63, 3.8) is 0 Å². The number of hydrogen-bond acceptors (Lipinski definition) is 2. The quantitative estimate of drug-likeness (QED) is 0.508. The molecule has 0 fully saturated rings. The van der Waals surface area contributed by atoms with Crippen LogP contribution in [0, 0.1) is 5.39 Å². The molecule has 0 N–H and O–H groups in total. The normalized spacial score (nSPS) is 10.5. The lowest BCUT2D eigenvalue weighted by Crippen LogP contribution is -1.92. The van der Waals surface area contributed by atoms with Crippen LogP contribution >= 0.6 is 27.7 Å². The molecule has 0 spiro atoms. The van der Waals surface area contributed by atoms with E-state index < -0.39 is 0 Å². The van der Waals surface area contributed by atoms with E-state index in [1.165, 1.54) is 15.4 Å². The van der Waals surface area contributed by atoms with E-state index >= 15 is 0 Å². The molecule has 0 heterocycles. The summed E-state index contributed by atoms with van der Waals surface area (Å²) < 4.78 is 1.09. The first-order chi connectivity index (χ1) is 10.7. The number of aryl methyl sites for hydroxylation is 2. The second kappa shape index (κ2) is 8.36. The molecule has 0 radical (unpaired) electrons. The van der Waals surface area contributed by atoms with E-state index in [2.05, 4.69) is 65.1 Å². The third kappa shape index (κ3) is 4.34. The molecule has 4 heteroatoms. The summed E-state index contributed by atoms with van der Waals surface area (Å²) in [5, 5.41) is 9.26. The molecule has 2 aromatic rings. The van der Waals surface area contributed by atoms with Gasteiger partial charge in [0.15, 0.2) is 4.98 Å². The molecule has 0 aliphatic rings. The Morgan fingerprint density at radius 2 is 1.64 bits per heavy atom. The van der Waals surface area contributed by atoms with E-state index in [1.54, 1.807) is 11.8 Å². The molecule has 2 nitrogen and oxygen atoms in total. The van der Waals surface area contributed by atoms with Crippen LogP contribution in [0.25, 0.3) is 4.98 Å². The fourth-order valence-electron chi connectivity index (χ4n) is 2.41. The van der Waals surface area contributed by atoms with Gasteiger partial charge in [0.2, 0.25) is 5.39 Å². The summed E-state index contributed by atoms with van der Waals surface area (Å²) in [4.78, 5) is 5.96. The van der Waals surface area contributed by atoms with Crippen LogP contribution in [0.1, 0.15) is 37.8 Å². The highest BCUT2D eigenvalue weighted by Crippen LogP contribution is 2.36. The van der Waals surface area contributed by atoms with E-state index in [4.69, 9.17) is 0 Å². The predicted molar refractivity (Wildman–Crippen MR) is 97.4 cm³/mol. The van der Waals surface area contributed by atoms with Crippen molar-refractivity contribution in [1.82, 2.24) is 0 Å². The minimum atomic E-state index is 0.713. The van der Waals surface area contributed by atoms with Gasteiger partial charge in [-0.05, 0) is 48.7 Å². The zero-order valence-corrected chi connectivity index (χ0v) is 15.4. The Hall–Kier alpha value is -1.31. The highest BCUT2D eigenvalue weighted by molar-refractivity contribution is 9.10. The first-order valence-electron chi connectivity index (χ1n) is 7.62. The number of rotatable bonds is 6. The van der Waals surface area contributed by atoms with Gasteiger partial charge in [-0.2, -0.15) is 0 Å². The van der Waals surface area contributed by atoms with Gasteiger partial charge < -0.3 is 0 Å². The van der Waals surface area contributed by atoms with Gasteiger partial charge in [0.25, 0.3) is 0 Å². The van der Waals surface area contributed by atoms with Crippen molar-refractivity contribution in [2.45, 2.75) is 49.3 Å². The Labute approximate surface area is 145 Å². The fraction of sp³-hybridized carbons (Fsp3) is 0.333. The van der Waals surface area contributed by atoms with Gasteiger partial charge in [-0.15, -0.1) is 0 Å². The van der Waals surface area contributed by atoms with Crippen molar-refractivity contribution in [3.8, 4) is 0 Å². The van der Waals surface area contributed by atoms with Gasteiger partial charge >= 0.3 is 5.69 Å². The lowest BCUT2D eigenvalue weighted by atomic mass is 10.0. The SMILES string of the molecule is CCCc1cc(Sc2ccc(Br)cc2)c(CCC)cc1[N+]#N. The van der Waals surface area contributed by atoms with Crippen LogP contribution in [0.5, 0.6) is 0 Å². The summed E-state index contributed by atoms with van der Waals surface area (Å²) in [6.45, 7) is 4.31. The Balaban J connectivity index is 2.40. The van der Waals surface area contributed by atoms with Gasteiger partial charge in [0.1, 0.15) is 0 Å². The van der Waals surface area contributed by atoms with Crippen LogP contribution in [0.3, 0.4) is 0 Å². The summed E-state index contributed by atoms with van der Waals surface area (Å²) in [7, 11) is 0. The fourth-order valence-corrected chi connectivity index (χ4v) is 3.69. The molecule has 114 valence electrons. The van der Waals surface area contributed by atoms with Gasteiger partial charge in [-0.1, -0.05) is 54.4 Å². The second-order valence-corrected chi connectivity index (χ2v) is 7.28. The molecule has 0 saturated heterocycles. The van der Waals surface area contributed by atoms with Gasteiger partial charge in [-0.25, -0.2) is 0 Å². The second-order valence-electron chi connectivity index (χ2n) is 5.24. The summed E-state index contributed by atoms with van der Waals surface area (Å²) in [5.74, 6) is 0. The number of halogens is 1. The molecule has 0 bridgehead atoms. The summed E-state index contributed by atoms with van der Waals surface area (Å²) in [5.41, 5.74) is 3.08. The van der Waals surface area contributed by atoms with Crippen LogP contribution < -0.4 is 0 Å². The molecule has 2 rings (SSSR count). The third-order valence-corrected chi connectivity index (χ3v) is 5.09. The molecular formula is C18H20BrN2S+. The number of nitrogens with zero attached hydrogens (tertiary/aromatic N) is 2. The van der Waals surface area contributed by atoms with Crippen molar-refractivity contribution < 1.29 is 0 Å². The maximum Gasteiger partial charge on any atom is 0.388 e. The van der Waals surface area contributed by atoms with Crippen LogP contribution in [0.4, 0.5) is 5.69 Å². The highest BCUT2D eigenvalue weighted by Gasteiger charge is 2.18. The smallest absolute Gasteiger partial charge is 0.0898 e. The number of hydrogen-bond donors (Lipinski definition) is 0. The summed E-state index contributed by atoms with van der Waals surface area (Å²) in [6, 6.07) is 12.6. The first kappa shape index (κ1) is 17.1. The van der Waals surface area contributed by atoms with Crippen LogP contribution in [0.2, 0.25) is 0 Å². The Kier molecular flexibility index (Phi) is 6.48. The monoisotopic (exact) mass is 375 g/mol. The predicted octanol–water partition coefficient (Wildman–Crippen LogP) is 6.99. The third-order valence-electron chi connectivity index (χ3n) is 3.45. The molecular weight excluding hydrogens is 356 g/mol. The van der Waals surface area contributed by atoms with Gasteiger partial charge in [-0.3, -0.25) is 0 Å². The molecule has 0 aliphatic heterocycles. The maximum atomic E-state index is 9.26. The average Bonchev–Trinajstić information content (AvgIpc) is 2.52. The molecule has 0 amide bonds. The van der Waals surface area contributed by atoms with Crippen molar-refractivity contribution >= 4 is 33.4 Å². The van der Waals surface area contributed by atoms with Gasteiger partial charge in [0, 0.05) is 25.9 Å². The number of benzene rings is 2. The van der Waals surface area contributed by atoms with Crippen LogP contribution in [0.15, 0.2) is 50.7 Å². The van der Waals surface area contributed by atoms with Crippen molar-refractivity contribution in [3.05, 3.63) is 57.0 Å². The molecule has 0 unspecified atom stereocenters. The Morgan fingerprint density at radius 3 is 2.23 bits per heavy atom. The first-order valence-corrected chi connectivity index (χ1v) is 9.23. The largest absolute Gasteiger partial charge is 0.388 e. The molecule has 0 saturated carbocycles. The van der Waals surface area contributed by atoms with Crippen LogP contribution in [-0.2, 0) is 12.8 Å². The highest BCUT2D eigenvalue weighted by atomic mass is 79.9. The van der Waals surface area contributed by atoms with Crippen LogP contribution in [-0.4, -0.2) is 0 Å². The van der Waals surface area contributed by atoms with Crippen molar-refractivity contribution in [2.24, 2.45) is 0 Å². The van der Waals surface area contributed by atoms with Gasteiger partial charge in [0.05, 0.1) is 0 Å². The summed E-state index contributed by atoms with van der Waals surface area (Å²) in [6.07, 6.45) is 4.04. The number of diazo groups is 1. The Bertz CT molecular complexity index is 675. The lowest BCUT2D eigenvalue weighted by molar-refractivity contribution is 0.885. The minimum Gasteiger partial charge on any atom is -0.0898 e. The standard InChI is InChI=1S/C18H20BrN2S/c1-3-5-13-12-18(14(6-4-2)11-17(13)21-20)22-16-9-7-15(19)8-10-16/h7-12H,3-6H2,1-2H3/q+1. The minimum absolute atomic E-state index is 0.713. The molecule has 0 atom stereocenters. The molecule has 0 aromatic heterocycles. The van der Waals surface area contributed by atoms with Crippen molar-refractivity contribution in [2.75, 3.05) is 0 Å². The lowest BCUT2D eigenvalue weighted by Gasteiger charge is -2.10. The van der Waals surface area contributed by atoms with E-state index in [-0.39, 0.29) is 0 Å². The maximum absolute atomic E-state index is 9.26. The topological polar surface area (TPSA) is 28.1 Å².